The van der Waals surface area contributed by atoms with Crippen molar-refractivity contribution in [3.05, 3.63) is 70.7 Å². The molecular weight excluding hydrogens is 250 g/mol. The smallest absolute Gasteiger partial charge is 0.335 e. The van der Waals surface area contributed by atoms with E-state index in [0.29, 0.717) is 12.1 Å². The lowest BCUT2D eigenvalue weighted by molar-refractivity contribution is 0.0697. The minimum atomic E-state index is -0.879. The fraction of sp³-hybridized carbons (Fsp3) is 0.0714. The van der Waals surface area contributed by atoms with E-state index in [1.54, 1.807) is 30.3 Å². The Morgan fingerprint density at radius 2 is 1.78 bits per heavy atom. The largest absolute Gasteiger partial charge is 0.478 e. The highest BCUT2D eigenvalue weighted by atomic mass is 35.5. The SMILES string of the molecule is NCc1cccc(Cl)c1.O=C(O)c1ccccc1. The highest BCUT2D eigenvalue weighted by molar-refractivity contribution is 6.30. The van der Waals surface area contributed by atoms with Crippen molar-refractivity contribution in [2.75, 3.05) is 0 Å². The molecule has 3 N–H and O–H groups in total. The molecule has 0 saturated carbocycles. The van der Waals surface area contributed by atoms with Gasteiger partial charge in [0.25, 0.3) is 0 Å². The first-order valence-corrected chi connectivity index (χ1v) is 5.74. The van der Waals surface area contributed by atoms with Crippen molar-refractivity contribution in [1.82, 2.24) is 0 Å². The van der Waals surface area contributed by atoms with Gasteiger partial charge in [0.05, 0.1) is 5.56 Å². The van der Waals surface area contributed by atoms with Crippen LogP contribution in [0.5, 0.6) is 0 Å². The van der Waals surface area contributed by atoms with Crippen molar-refractivity contribution in [3.8, 4) is 0 Å². The molecule has 0 unspecified atom stereocenters. The molecule has 2 rings (SSSR count). The maximum Gasteiger partial charge on any atom is 0.335 e. The third-order valence-electron chi connectivity index (χ3n) is 2.15. The molecule has 0 aliphatic heterocycles. The molecule has 0 aromatic heterocycles. The molecular formula is C14H14ClNO2. The zero-order valence-corrected chi connectivity index (χ0v) is 10.5. The van der Waals surface area contributed by atoms with E-state index in [2.05, 4.69) is 0 Å². The summed E-state index contributed by atoms with van der Waals surface area (Å²) in [5.41, 5.74) is 6.76. The minimum Gasteiger partial charge on any atom is -0.478 e. The first-order valence-electron chi connectivity index (χ1n) is 5.36. The molecule has 3 nitrogen and oxygen atoms in total. The summed E-state index contributed by atoms with van der Waals surface area (Å²) < 4.78 is 0. The molecule has 0 radical (unpaired) electrons. The number of carboxylic acid groups (broad SMARTS) is 1. The van der Waals surface area contributed by atoms with Gasteiger partial charge in [0.2, 0.25) is 0 Å². The van der Waals surface area contributed by atoms with Crippen molar-refractivity contribution < 1.29 is 9.90 Å². The van der Waals surface area contributed by atoms with E-state index in [-0.39, 0.29) is 0 Å². The van der Waals surface area contributed by atoms with Gasteiger partial charge in [-0.2, -0.15) is 0 Å². The van der Waals surface area contributed by atoms with Gasteiger partial charge in [-0.15, -0.1) is 0 Å². The third-order valence-corrected chi connectivity index (χ3v) is 2.38. The van der Waals surface area contributed by atoms with Crippen molar-refractivity contribution in [2.45, 2.75) is 6.54 Å². The molecule has 0 bridgehead atoms. The Labute approximate surface area is 111 Å². The van der Waals surface area contributed by atoms with Crippen LogP contribution in [0.3, 0.4) is 0 Å². The third kappa shape index (κ3) is 4.99. The number of carboxylic acids is 1. The second-order valence-electron chi connectivity index (χ2n) is 3.51. The van der Waals surface area contributed by atoms with Crippen molar-refractivity contribution >= 4 is 17.6 Å². The van der Waals surface area contributed by atoms with Crippen LogP contribution in [0.4, 0.5) is 0 Å². The van der Waals surface area contributed by atoms with E-state index >= 15 is 0 Å². The van der Waals surface area contributed by atoms with Crippen LogP contribution in [0.1, 0.15) is 15.9 Å². The van der Waals surface area contributed by atoms with E-state index < -0.39 is 5.97 Å². The lowest BCUT2D eigenvalue weighted by Crippen LogP contribution is -1.94. The van der Waals surface area contributed by atoms with Gasteiger partial charge in [0.15, 0.2) is 0 Å². The molecule has 0 amide bonds. The van der Waals surface area contributed by atoms with Gasteiger partial charge in [-0.25, -0.2) is 4.79 Å². The first kappa shape index (κ1) is 14.2. The highest BCUT2D eigenvalue weighted by Gasteiger charge is 1.96. The van der Waals surface area contributed by atoms with Crippen LogP contribution in [0.15, 0.2) is 54.6 Å². The highest BCUT2D eigenvalue weighted by Crippen LogP contribution is 2.09. The van der Waals surface area contributed by atoms with Crippen LogP contribution in [0.2, 0.25) is 5.02 Å². The van der Waals surface area contributed by atoms with Gasteiger partial charge in [0, 0.05) is 11.6 Å². The molecule has 0 aliphatic rings. The maximum atomic E-state index is 10.2. The van der Waals surface area contributed by atoms with E-state index in [0.717, 1.165) is 10.6 Å². The molecule has 0 aliphatic carbocycles. The van der Waals surface area contributed by atoms with Crippen LogP contribution in [0, 0.1) is 0 Å². The van der Waals surface area contributed by atoms with Gasteiger partial charge >= 0.3 is 5.97 Å². The Hall–Kier alpha value is -1.84. The molecule has 2 aromatic rings. The van der Waals surface area contributed by atoms with Crippen LogP contribution in [-0.2, 0) is 6.54 Å². The molecule has 18 heavy (non-hydrogen) atoms. The predicted octanol–water partition coefficient (Wildman–Crippen LogP) is 3.18. The second kappa shape index (κ2) is 7.48. The Balaban J connectivity index is 0.000000180. The van der Waals surface area contributed by atoms with Crippen LogP contribution < -0.4 is 5.73 Å². The lowest BCUT2D eigenvalue weighted by Gasteiger charge is -1.93. The standard InChI is InChI=1S/C7H8ClN.C7H6O2/c8-7-3-1-2-6(4-7)5-9;8-7(9)6-4-2-1-3-5-6/h1-4H,5,9H2;1-5H,(H,8,9). The number of aromatic carboxylic acids is 1. The summed E-state index contributed by atoms with van der Waals surface area (Å²) in [7, 11) is 0. The quantitative estimate of drug-likeness (QED) is 0.875. The number of rotatable bonds is 2. The predicted molar refractivity (Wildman–Crippen MR) is 72.7 cm³/mol. The van der Waals surface area contributed by atoms with Crippen LogP contribution in [0.25, 0.3) is 0 Å². The van der Waals surface area contributed by atoms with Crippen molar-refractivity contribution in [2.24, 2.45) is 5.73 Å². The molecule has 0 atom stereocenters. The Bertz CT molecular complexity index is 500. The monoisotopic (exact) mass is 263 g/mol. The Kier molecular flexibility index (Phi) is 5.91. The zero-order valence-electron chi connectivity index (χ0n) is 9.71. The summed E-state index contributed by atoms with van der Waals surface area (Å²) in [5.74, 6) is -0.879. The van der Waals surface area contributed by atoms with E-state index in [1.165, 1.54) is 0 Å². The molecule has 2 aromatic carbocycles. The van der Waals surface area contributed by atoms with Gasteiger partial charge in [0.1, 0.15) is 0 Å². The van der Waals surface area contributed by atoms with E-state index in [1.807, 2.05) is 24.3 Å². The number of hydrogen-bond acceptors (Lipinski definition) is 2. The maximum absolute atomic E-state index is 10.2. The van der Waals surface area contributed by atoms with Crippen LogP contribution >= 0.6 is 11.6 Å². The summed E-state index contributed by atoms with van der Waals surface area (Å²) in [4.78, 5) is 10.2. The van der Waals surface area contributed by atoms with Gasteiger partial charge in [-0.05, 0) is 29.8 Å². The number of carbonyl (C=O) groups is 1. The van der Waals surface area contributed by atoms with Crippen molar-refractivity contribution in [1.29, 1.82) is 0 Å². The van der Waals surface area contributed by atoms with Crippen molar-refractivity contribution in [3.63, 3.8) is 0 Å². The lowest BCUT2D eigenvalue weighted by atomic mass is 10.2. The number of nitrogens with two attached hydrogens (primary N) is 1. The normalized spacial score (nSPS) is 9.22. The van der Waals surface area contributed by atoms with Crippen LogP contribution in [-0.4, -0.2) is 11.1 Å². The topological polar surface area (TPSA) is 63.3 Å². The number of halogens is 1. The average Bonchev–Trinajstić information content (AvgIpc) is 2.40. The van der Waals surface area contributed by atoms with E-state index in [9.17, 15) is 4.79 Å². The Morgan fingerprint density at radius 3 is 2.17 bits per heavy atom. The summed E-state index contributed by atoms with van der Waals surface area (Å²) in [6.07, 6.45) is 0. The first-order chi connectivity index (χ1) is 8.63. The summed E-state index contributed by atoms with van der Waals surface area (Å²) in [6.45, 7) is 0.556. The average molecular weight is 264 g/mol. The van der Waals surface area contributed by atoms with E-state index in [4.69, 9.17) is 22.4 Å². The number of hydrogen-bond donors (Lipinski definition) is 2. The molecule has 4 heteroatoms. The summed E-state index contributed by atoms with van der Waals surface area (Å²) in [5, 5.41) is 9.13. The molecule has 0 saturated heterocycles. The summed E-state index contributed by atoms with van der Waals surface area (Å²) in [6, 6.07) is 15.8. The fourth-order valence-corrected chi connectivity index (χ4v) is 1.46. The van der Waals surface area contributed by atoms with Gasteiger partial charge < -0.3 is 10.8 Å². The van der Waals surface area contributed by atoms with Gasteiger partial charge in [-0.1, -0.05) is 41.9 Å². The Morgan fingerprint density at radius 1 is 1.11 bits per heavy atom. The van der Waals surface area contributed by atoms with Gasteiger partial charge in [-0.3, -0.25) is 0 Å². The summed E-state index contributed by atoms with van der Waals surface area (Å²) >= 11 is 5.67. The second-order valence-corrected chi connectivity index (χ2v) is 3.94. The molecule has 94 valence electrons. The molecule has 0 spiro atoms. The molecule has 0 fully saturated rings. The zero-order chi connectivity index (χ0) is 13.4. The fourth-order valence-electron chi connectivity index (χ4n) is 1.24. The number of benzene rings is 2. The minimum absolute atomic E-state index is 0.331. The molecule has 0 heterocycles.